The summed E-state index contributed by atoms with van der Waals surface area (Å²) in [6, 6.07) is 5.18. The summed E-state index contributed by atoms with van der Waals surface area (Å²) in [5.41, 5.74) is 1.69. The smallest absolute Gasteiger partial charge is 0.326 e. The van der Waals surface area contributed by atoms with Crippen LogP contribution in [0, 0.1) is 0 Å². The molecule has 2 aromatic rings. The van der Waals surface area contributed by atoms with E-state index < -0.39 is 12.0 Å². The van der Waals surface area contributed by atoms with E-state index in [1.54, 1.807) is 12.4 Å². The summed E-state index contributed by atoms with van der Waals surface area (Å²) in [6.45, 7) is 4.78. The van der Waals surface area contributed by atoms with Crippen molar-refractivity contribution in [2.24, 2.45) is 0 Å². The Kier molecular flexibility index (Phi) is 4.74. The van der Waals surface area contributed by atoms with Gasteiger partial charge in [-0.2, -0.15) is 0 Å². The lowest BCUT2D eigenvalue weighted by Gasteiger charge is -2.34. The average Bonchev–Trinajstić information content (AvgIpc) is 2.62. The molecule has 1 fully saturated rings. The fraction of sp³-hybridized carbons (Fsp3) is 0.444. The van der Waals surface area contributed by atoms with E-state index in [2.05, 4.69) is 15.0 Å². The summed E-state index contributed by atoms with van der Waals surface area (Å²) in [4.78, 5) is 27.0. The maximum absolute atomic E-state index is 11.6. The molecule has 3 rings (SSSR count). The molecule has 1 aliphatic rings. The van der Waals surface area contributed by atoms with Gasteiger partial charge in [-0.05, 0) is 31.4 Å². The number of anilines is 1. The summed E-state index contributed by atoms with van der Waals surface area (Å²) in [7, 11) is 0. The number of aromatic nitrogens is 3. The van der Waals surface area contributed by atoms with Crippen LogP contribution < -0.4 is 4.90 Å². The zero-order valence-corrected chi connectivity index (χ0v) is 14.0. The molecule has 0 bridgehead atoms. The number of rotatable bonds is 4. The molecular weight excluding hydrogens is 304 g/mol. The average molecular weight is 326 g/mol. The van der Waals surface area contributed by atoms with Gasteiger partial charge in [-0.1, -0.05) is 13.8 Å². The van der Waals surface area contributed by atoms with Gasteiger partial charge < -0.3 is 10.0 Å². The normalized spacial score (nSPS) is 18.0. The molecule has 0 aromatic carbocycles. The number of nitrogens with zero attached hydrogens (tertiary/aromatic N) is 4. The minimum absolute atomic E-state index is 0.161. The lowest BCUT2D eigenvalue weighted by Crippen LogP contribution is -2.45. The van der Waals surface area contributed by atoms with Crippen molar-refractivity contribution < 1.29 is 9.90 Å². The summed E-state index contributed by atoms with van der Waals surface area (Å²) < 4.78 is 0. The molecule has 1 unspecified atom stereocenters. The molecular formula is C18H22N4O2. The van der Waals surface area contributed by atoms with E-state index >= 15 is 0 Å². The maximum atomic E-state index is 11.6. The number of hydrogen-bond acceptors (Lipinski definition) is 5. The highest BCUT2D eigenvalue weighted by Crippen LogP contribution is 2.28. The third-order valence-corrected chi connectivity index (χ3v) is 4.29. The largest absolute Gasteiger partial charge is 0.480 e. The van der Waals surface area contributed by atoms with Crippen molar-refractivity contribution in [3.8, 4) is 11.3 Å². The summed E-state index contributed by atoms with van der Waals surface area (Å²) in [5, 5.41) is 9.54. The molecule has 0 aliphatic carbocycles. The van der Waals surface area contributed by atoms with Crippen molar-refractivity contribution in [3.63, 3.8) is 0 Å². The zero-order chi connectivity index (χ0) is 17.1. The molecule has 0 saturated carbocycles. The standard InChI is InChI=1S/C18H22N4O2/c1-12(2)17-20-14(13-6-5-8-19-11-13)10-16(21-17)22-9-4-3-7-15(22)18(23)24/h5-6,8,10-12,15H,3-4,7,9H2,1-2H3,(H,23,24). The Morgan fingerprint density at radius 2 is 2.17 bits per heavy atom. The number of carbonyl (C=O) groups is 1. The SMILES string of the molecule is CC(C)c1nc(-c2cccnc2)cc(N2CCCCC2C(=O)O)n1. The van der Waals surface area contributed by atoms with Crippen LogP contribution in [0.3, 0.4) is 0 Å². The highest BCUT2D eigenvalue weighted by molar-refractivity contribution is 5.78. The lowest BCUT2D eigenvalue weighted by molar-refractivity contribution is -0.139. The van der Waals surface area contributed by atoms with Crippen LogP contribution in [0.2, 0.25) is 0 Å². The van der Waals surface area contributed by atoms with Gasteiger partial charge in [0, 0.05) is 36.5 Å². The topological polar surface area (TPSA) is 79.2 Å². The third-order valence-electron chi connectivity index (χ3n) is 4.29. The second-order valence-electron chi connectivity index (χ2n) is 6.41. The van der Waals surface area contributed by atoms with E-state index in [-0.39, 0.29) is 5.92 Å². The van der Waals surface area contributed by atoms with Crippen molar-refractivity contribution in [1.82, 2.24) is 15.0 Å². The van der Waals surface area contributed by atoms with E-state index in [4.69, 9.17) is 0 Å². The number of aliphatic carboxylic acids is 1. The molecule has 1 saturated heterocycles. The first-order valence-corrected chi connectivity index (χ1v) is 8.35. The Morgan fingerprint density at radius 1 is 1.33 bits per heavy atom. The van der Waals surface area contributed by atoms with E-state index in [1.165, 1.54) is 0 Å². The van der Waals surface area contributed by atoms with Gasteiger partial charge in [-0.25, -0.2) is 14.8 Å². The first-order valence-electron chi connectivity index (χ1n) is 8.35. The molecule has 3 heterocycles. The van der Waals surface area contributed by atoms with Crippen LogP contribution in [0.15, 0.2) is 30.6 Å². The Morgan fingerprint density at radius 3 is 2.83 bits per heavy atom. The van der Waals surface area contributed by atoms with Gasteiger partial charge in [0.05, 0.1) is 5.69 Å². The van der Waals surface area contributed by atoms with Crippen LogP contribution in [0.25, 0.3) is 11.3 Å². The van der Waals surface area contributed by atoms with Crippen LogP contribution in [0.4, 0.5) is 5.82 Å². The molecule has 24 heavy (non-hydrogen) atoms. The number of carboxylic acids is 1. The number of hydrogen-bond donors (Lipinski definition) is 1. The van der Waals surface area contributed by atoms with Gasteiger partial charge in [0.25, 0.3) is 0 Å². The summed E-state index contributed by atoms with van der Waals surface area (Å²) in [5.74, 6) is 0.788. The predicted molar refractivity (Wildman–Crippen MR) is 92.0 cm³/mol. The number of piperidine rings is 1. The second kappa shape index (κ2) is 6.95. The van der Waals surface area contributed by atoms with Crippen LogP contribution in [0.5, 0.6) is 0 Å². The van der Waals surface area contributed by atoms with Crippen molar-refractivity contribution in [3.05, 3.63) is 36.4 Å². The van der Waals surface area contributed by atoms with E-state index in [0.717, 1.165) is 29.9 Å². The Balaban J connectivity index is 2.06. The molecule has 1 N–H and O–H groups in total. The fourth-order valence-electron chi connectivity index (χ4n) is 2.98. The molecule has 0 amide bonds. The molecule has 0 spiro atoms. The van der Waals surface area contributed by atoms with E-state index in [0.29, 0.717) is 18.8 Å². The highest BCUT2D eigenvalue weighted by Gasteiger charge is 2.30. The zero-order valence-electron chi connectivity index (χ0n) is 14.0. The van der Waals surface area contributed by atoms with Crippen LogP contribution in [0.1, 0.15) is 44.9 Å². The van der Waals surface area contributed by atoms with Crippen LogP contribution in [-0.2, 0) is 4.79 Å². The predicted octanol–water partition coefficient (Wildman–Crippen LogP) is 3.11. The number of pyridine rings is 1. The van der Waals surface area contributed by atoms with Crippen molar-refractivity contribution in [2.75, 3.05) is 11.4 Å². The number of carboxylic acid groups (broad SMARTS) is 1. The third kappa shape index (κ3) is 3.37. The summed E-state index contributed by atoms with van der Waals surface area (Å²) in [6.07, 6.45) is 6.05. The van der Waals surface area contributed by atoms with Crippen molar-refractivity contribution in [1.29, 1.82) is 0 Å². The Bertz CT molecular complexity index is 718. The minimum atomic E-state index is -0.790. The molecule has 6 heteroatoms. The van der Waals surface area contributed by atoms with Gasteiger partial charge in [0.1, 0.15) is 17.7 Å². The van der Waals surface area contributed by atoms with Crippen molar-refractivity contribution in [2.45, 2.75) is 45.1 Å². The molecule has 1 atom stereocenters. The first kappa shape index (κ1) is 16.4. The first-order chi connectivity index (χ1) is 11.6. The molecule has 126 valence electrons. The van der Waals surface area contributed by atoms with Gasteiger partial charge in [0.2, 0.25) is 0 Å². The van der Waals surface area contributed by atoms with Gasteiger partial charge >= 0.3 is 5.97 Å². The van der Waals surface area contributed by atoms with Gasteiger partial charge in [0.15, 0.2) is 0 Å². The fourth-order valence-corrected chi connectivity index (χ4v) is 2.98. The summed E-state index contributed by atoms with van der Waals surface area (Å²) >= 11 is 0. The van der Waals surface area contributed by atoms with Crippen molar-refractivity contribution >= 4 is 11.8 Å². The van der Waals surface area contributed by atoms with Gasteiger partial charge in [-0.15, -0.1) is 0 Å². The molecule has 0 radical (unpaired) electrons. The Hall–Kier alpha value is -2.50. The van der Waals surface area contributed by atoms with Crippen LogP contribution >= 0.6 is 0 Å². The highest BCUT2D eigenvalue weighted by atomic mass is 16.4. The Labute approximate surface area is 141 Å². The molecule has 1 aliphatic heterocycles. The van der Waals surface area contributed by atoms with E-state index in [1.807, 2.05) is 36.9 Å². The van der Waals surface area contributed by atoms with Gasteiger partial charge in [-0.3, -0.25) is 4.98 Å². The second-order valence-corrected chi connectivity index (χ2v) is 6.41. The lowest BCUT2D eigenvalue weighted by atomic mass is 10.0. The minimum Gasteiger partial charge on any atom is -0.480 e. The maximum Gasteiger partial charge on any atom is 0.326 e. The monoisotopic (exact) mass is 326 g/mol. The quantitative estimate of drug-likeness (QED) is 0.930. The van der Waals surface area contributed by atoms with E-state index in [9.17, 15) is 9.90 Å². The van der Waals surface area contributed by atoms with Crippen LogP contribution in [-0.4, -0.2) is 38.6 Å². The molecule has 2 aromatic heterocycles. The molecule has 6 nitrogen and oxygen atoms in total.